The first-order chi connectivity index (χ1) is 19.9. The van der Waals surface area contributed by atoms with E-state index in [9.17, 15) is 19.5 Å². The number of nitrogens with one attached hydrogen (secondary N) is 2. The Bertz CT molecular complexity index is 1230. The molecule has 5 rings (SSSR count). The van der Waals surface area contributed by atoms with Crippen LogP contribution in [0.1, 0.15) is 51.5 Å². The van der Waals surface area contributed by atoms with Crippen molar-refractivity contribution in [3.63, 3.8) is 0 Å². The summed E-state index contributed by atoms with van der Waals surface area (Å²) < 4.78 is 4.82. The average Bonchev–Trinajstić information content (AvgIpc) is 3.63. The van der Waals surface area contributed by atoms with Crippen molar-refractivity contribution in [2.75, 3.05) is 25.1 Å². The molecule has 41 heavy (non-hydrogen) atoms. The monoisotopic (exact) mass is 579 g/mol. The summed E-state index contributed by atoms with van der Waals surface area (Å²) in [5.74, 6) is -1.02. The van der Waals surface area contributed by atoms with E-state index in [-0.39, 0.29) is 29.6 Å². The maximum Gasteiger partial charge on any atom is 0.244 e. The van der Waals surface area contributed by atoms with Crippen LogP contribution >= 0.6 is 11.8 Å². The lowest BCUT2D eigenvalue weighted by Gasteiger charge is -2.37. The molecular weight excluding hydrogens is 538 g/mol. The van der Waals surface area contributed by atoms with Gasteiger partial charge in [-0.2, -0.15) is 0 Å². The molecule has 3 saturated heterocycles. The second-order valence-corrected chi connectivity index (χ2v) is 12.9. The van der Waals surface area contributed by atoms with Crippen molar-refractivity contribution in [3.05, 3.63) is 60.2 Å². The summed E-state index contributed by atoms with van der Waals surface area (Å²) in [6.07, 6.45) is 4.82. The summed E-state index contributed by atoms with van der Waals surface area (Å²) in [6, 6.07) is 15.7. The van der Waals surface area contributed by atoms with Gasteiger partial charge in [-0.3, -0.25) is 14.4 Å². The summed E-state index contributed by atoms with van der Waals surface area (Å²) in [5.41, 5.74) is 1.63. The molecule has 9 heteroatoms. The predicted octanol–water partition coefficient (Wildman–Crippen LogP) is 4.03. The van der Waals surface area contributed by atoms with Crippen LogP contribution in [0.4, 0.5) is 5.69 Å². The fourth-order valence-corrected chi connectivity index (χ4v) is 9.14. The number of benzene rings is 2. The number of likely N-dealkylation sites (tertiary alicyclic amines) is 1. The van der Waals surface area contributed by atoms with Crippen LogP contribution in [-0.4, -0.2) is 69.6 Å². The molecule has 3 aliphatic heterocycles. The van der Waals surface area contributed by atoms with Crippen LogP contribution in [0.25, 0.3) is 0 Å². The van der Waals surface area contributed by atoms with Crippen LogP contribution < -0.4 is 15.4 Å². The molecule has 2 aromatic rings. The van der Waals surface area contributed by atoms with Gasteiger partial charge in [0.25, 0.3) is 0 Å². The Kier molecular flexibility index (Phi) is 9.24. The molecule has 8 nitrogen and oxygen atoms in total. The summed E-state index contributed by atoms with van der Waals surface area (Å²) in [7, 11) is 0. The molecule has 3 amide bonds. The average molecular weight is 580 g/mol. The van der Waals surface area contributed by atoms with Crippen molar-refractivity contribution in [3.8, 4) is 5.75 Å². The highest BCUT2D eigenvalue weighted by molar-refractivity contribution is 8.02. The third-order valence-corrected chi connectivity index (χ3v) is 10.7. The minimum atomic E-state index is -0.735. The number of hydrogen-bond acceptors (Lipinski definition) is 6. The van der Waals surface area contributed by atoms with E-state index in [1.54, 1.807) is 28.8 Å². The molecular formula is C32H41N3O5S. The number of carbonyl (C=O) groups is 3. The molecule has 1 spiro atoms. The van der Waals surface area contributed by atoms with Gasteiger partial charge in [0.2, 0.25) is 17.7 Å². The fourth-order valence-electron chi connectivity index (χ4n) is 6.93. The number of fused-ring (bicyclic) bond motifs is 1. The first kappa shape index (κ1) is 29.5. The van der Waals surface area contributed by atoms with Gasteiger partial charge in [-0.1, -0.05) is 50.1 Å². The SMILES string of the molecule is CCCCCNC(=O)C1N([C@@H](CO)Cc2ccccc2)C(=O)[C@@H]2[C@@H](C(=O)Nc3ccc(OCC)cc3)[C@H]3CCC12S3. The van der Waals surface area contributed by atoms with E-state index in [0.717, 1.165) is 37.0 Å². The number of nitrogens with zero attached hydrogens (tertiary/aromatic N) is 1. The van der Waals surface area contributed by atoms with Crippen LogP contribution in [0.5, 0.6) is 5.75 Å². The van der Waals surface area contributed by atoms with Crippen LogP contribution in [0.2, 0.25) is 0 Å². The maximum atomic E-state index is 14.4. The van der Waals surface area contributed by atoms with Gasteiger partial charge in [-0.15, -0.1) is 11.8 Å². The van der Waals surface area contributed by atoms with Crippen molar-refractivity contribution in [2.24, 2.45) is 11.8 Å². The molecule has 3 heterocycles. The molecule has 0 aromatic heterocycles. The fraction of sp³-hybridized carbons (Fsp3) is 0.531. The minimum absolute atomic E-state index is 0.0362. The van der Waals surface area contributed by atoms with Gasteiger partial charge >= 0.3 is 0 Å². The molecule has 2 unspecified atom stereocenters. The molecule has 2 aromatic carbocycles. The van der Waals surface area contributed by atoms with E-state index in [1.165, 1.54) is 0 Å². The van der Waals surface area contributed by atoms with Gasteiger partial charge in [0.15, 0.2) is 0 Å². The molecule has 3 fully saturated rings. The lowest BCUT2D eigenvalue weighted by molar-refractivity contribution is -0.142. The second kappa shape index (κ2) is 12.9. The molecule has 3 N–H and O–H groups in total. The number of aliphatic hydroxyl groups excluding tert-OH is 1. The van der Waals surface area contributed by atoms with Gasteiger partial charge < -0.3 is 25.4 Å². The predicted molar refractivity (Wildman–Crippen MR) is 161 cm³/mol. The number of hydrogen-bond donors (Lipinski definition) is 3. The number of amides is 3. The summed E-state index contributed by atoms with van der Waals surface area (Å²) >= 11 is 1.64. The zero-order chi connectivity index (χ0) is 29.0. The van der Waals surface area contributed by atoms with E-state index in [0.29, 0.717) is 31.7 Å². The van der Waals surface area contributed by atoms with E-state index in [1.807, 2.05) is 49.4 Å². The smallest absolute Gasteiger partial charge is 0.244 e. The Hall–Kier alpha value is -3.04. The van der Waals surface area contributed by atoms with Crippen LogP contribution in [-0.2, 0) is 20.8 Å². The van der Waals surface area contributed by atoms with Crippen molar-refractivity contribution < 1.29 is 24.2 Å². The van der Waals surface area contributed by atoms with Crippen LogP contribution in [0.3, 0.4) is 0 Å². The number of carbonyl (C=O) groups excluding carboxylic acids is 3. The zero-order valence-electron chi connectivity index (χ0n) is 23.9. The van der Waals surface area contributed by atoms with Gasteiger partial charge in [-0.25, -0.2) is 0 Å². The molecule has 0 saturated carbocycles. The zero-order valence-corrected chi connectivity index (χ0v) is 24.7. The largest absolute Gasteiger partial charge is 0.494 e. The Morgan fingerprint density at radius 3 is 2.54 bits per heavy atom. The van der Waals surface area contributed by atoms with Crippen molar-refractivity contribution in [1.82, 2.24) is 10.2 Å². The minimum Gasteiger partial charge on any atom is -0.494 e. The lowest BCUT2D eigenvalue weighted by atomic mass is 9.70. The van der Waals surface area contributed by atoms with E-state index >= 15 is 0 Å². The van der Waals surface area contributed by atoms with Crippen LogP contribution in [0, 0.1) is 11.8 Å². The number of unbranched alkanes of at least 4 members (excludes halogenated alkanes) is 2. The van der Waals surface area contributed by atoms with Crippen LogP contribution in [0.15, 0.2) is 54.6 Å². The van der Waals surface area contributed by atoms with E-state index in [2.05, 4.69) is 17.6 Å². The lowest BCUT2D eigenvalue weighted by Crippen LogP contribution is -2.57. The van der Waals surface area contributed by atoms with Crippen molar-refractivity contribution in [2.45, 2.75) is 74.5 Å². The Morgan fingerprint density at radius 2 is 1.85 bits per heavy atom. The molecule has 220 valence electrons. The summed E-state index contributed by atoms with van der Waals surface area (Å²) in [4.78, 5) is 43.7. The van der Waals surface area contributed by atoms with Crippen molar-refractivity contribution >= 4 is 35.2 Å². The van der Waals surface area contributed by atoms with Crippen molar-refractivity contribution in [1.29, 1.82) is 0 Å². The summed E-state index contributed by atoms with van der Waals surface area (Å²) in [6.45, 7) is 4.87. The number of thioether (sulfide) groups is 1. The third-order valence-electron chi connectivity index (χ3n) is 8.72. The quantitative estimate of drug-likeness (QED) is 0.310. The number of ether oxygens (including phenoxy) is 1. The highest BCUT2D eigenvalue weighted by Crippen LogP contribution is 2.66. The third kappa shape index (κ3) is 5.71. The molecule has 3 aliphatic rings. The van der Waals surface area contributed by atoms with Gasteiger partial charge in [0.1, 0.15) is 11.8 Å². The summed E-state index contributed by atoms with van der Waals surface area (Å²) in [5, 5.41) is 16.6. The highest BCUT2D eigenvalue weighted by atomic mass is 32.2. The molecule has 6 atom stereocenters. The normalized spacial score (nSPS) is 27.0. The van der Waals surface area contributed by atoms with E-state index in [4.69, 9.17) is 4.74 Å². The number of rotatable bonds is 13. The first-order valence-electron chi connectivity index (χ1n) is 14.9. The Morgan fingerprint density at radius 1 is 1.10 bits per heavy atom. The van der Waals surface area contributed by atoms with Gasteiger partial charge in [0.05, 0.1) is 35.8 Å². The highest BCUT2D eigenvalue weighted by Gasteiger charge is 2.74. The standard InChI is InChI=1S/C32H41N3O5S/c1-3-5-9-18-33-30(38)28-32-17-16-25(41-32)26(29(37)34-22-12-14-24(15-13-22)40-4-2)27(32)31(39)35(28)23(20-36)19-21-10-7-6-8-11-21/h6-8,10-15,23,25-28,36H,3-5,9,16-20H2,1-2H3,(H,33,38)(H,34,37)/t23-,25-,26+,27+,28?,32?/m1/s1. The first-order valence-corrected chi connectivity index (χ1v) is 15.8. The number of anilines is 1. The molecule has 0 aliphatic carbocycles. The maximum absolute atomic E-state index is 14.4. The number of aliphatic hydroxyl groups is 1. The molecule has 0 radical (unpaired) electrons. The van der Waals surface area contributed by atoms with Gasteiger partial charge in [0, 0.05) is 17.5 Å². The Balaban J connectivity index is 1.43. The topological polar surface area (TPSA) is 108 Å². The second-order valence-electron chi connectivity index (χ2n) is 11.3. The van der Waals surface area contributed by atoms with E-state index < -0.39 is 28.7 Å². The van der Waals surface area contributed by atoms with Gasteiger partial charge in [-0.05, 0) is 62.4 Å². The Labute approximate surface area is 246 Å². The molecule has 2 bridgehead atoms.